The standard InChI is InChI=1S/C13H17NO6/c1-13(17,12(16)19-3)7-20-10-5-8(11(14)15)4-9(6-10)18-2/h4-6,17H,7H2,1-3H3,(H2,14,15). The van der Waals surface area contributed by atoms with Crippen LogP contribution in [0.1, 0.15) is 17.3 Å². The Labute approximate surface area is 116 Å². The fourth-order valence-corrected chi connectivity index (χ4v) is 1.42. The van der Waals surface area contributed by atoms with Crippen LogP contribution >= 0.6 is 0 Å². The van der Waals surface area contributed by atoms with Gasteiger partial charge in [-0.15, -0.1) is 0 Å². The maximum Gasteiger partial charge on any atom is 0.341 e. The smallest absolute Gasteiger partial charge is 0.341 e. The number of carbonyl (C=O) groups excluding carboxylic acids is 2. The first-order chi connectivity index (χ1) is 9.30. The van der Waals surface area contributed by atoms with Gasteiger partial charge in [0, 0.05) is 11.6 Å². The first-order valence-corrected chi connectivity index (χ1v) is 5.72. The zero-order valence-electron chi connectivity index (χ0n) is 11.5. The lowest BCUT2D eigenvalue weighted by Gasteiger charge is -2.20. The van der Waals surface area contributed by atoms with E-state index in [4.69, 9.17) is 15.2 Å². The molecule has 0 radical (unpaired) electrons. The fourth-order valence-electron chi connectivity index (χ4n) is 1.42. The van der Waals surface area contributed by atoms with E-state index in [1.54, 1.807) is 0 Å². The van der Waals surface area contributed by atoms with Crippen LogP contribution in [0.2, 0.25) is 0 Å². The summed E-state index contributed by atoms with van der Waals surface area (Å²) in [7, 11) is 2.59. The number of aliphatic hydroxyl groups is 1. The highest BCUT2D eigenvalue weighted by atomic mass is 16.6. The number of rotatable bonds is 6. The van der Waals surface area contributed by atoms with Gasteiger partial charge in [0.25, 0.3) is 0 Å². The molecule has 0 spiro atoms. The number of ether oxygens (including phenoxy) is 3. The van der Waals surface area contributed by atoms with Gasteiger partial charge in [0.2, 0.25) is 5.91 Å². The second-order valence-corrected chi connectivity index (χ2v) is 4.32. The SMILES string of the molecule is COC(=O)C(C)(O)COc1cc(OC)cc(C(N)=O)c1. The summed E-state index contributed by atoms with van der Waals surface area (Å²) in [6.45, 7) is 0.916. The van der Waals surface area contributed by atoms with Gasteiger partial charge in [-0.25, -0.2) is 4.79 Å². The molecule has 0 saturated heterocycles. The van der Waals surface area contributed by atoms with Gasteiger partial charge < -0.3 is 25.1 Å². The molecule has 1 aromatic rings. The molecule has 1 aromatic carbocycles. The molecule has 7 heteroatoms. The number of hydrogen-bond donors (Lipinski definition) is 2. The topological polar surface area (TPSA) is 108 Å². The lowest BCUT2D eigenvalue weighted by Crippen LogP contribution is -2.42. The molecule has 0 heterocycles. The van der Waals surface area contributed by atoms with Gasteiger partial charge in [-0.05, 0) is 19.1 Å². The molecule has 0 aliphatic carbocycles. The summed E-state index contributed by atoms with van der Waals surface area (Å²) in [6.07, 6.45) is 0. The van der Waals surface area contributed by atoms with Crippen molar-refractivity contribution in [1.29, 1.82) is 0 Å². The Kier molecular flexibility index (Phi) is 4.93. The van der Waals surface area contributed by atoms with E-state index < -0.39 is 17.5 Å². The van der Waals surface area contributed by atoms with E-state index in [1.807, 2.05) is 0 Å². The molecule has 7 nitrogen and oxygen atoms in total. The monoisotopic (exact) mass is 283 g/mol. The second-order valence-electron chi connectivity index (χ2n) is 4.32. The summed E-state index contributed by atoms with van der Waals surface area (Å²) in [6, 6.07) is 4.34. The molecule has 0 aliphatic rings. The van der Waals surface area contributed by atoms with Gasteiger partial charge in [0.15, 0.2) is 5.60 Å². The lowest BCUT2D eigenvalue weighted by atomic mass is 10.1. The maximum absolute atomic E-state index is 11.3. The van der Waals surface area contributed by atoms with Crippen molar-refractivity contribution in [2.24, 2.45) is 5.73 Å². The zero-order chi connectivity index (χ0) is 15.3. The molecule has 0 aromatic heterocycles. The van der Waals surface area contributed by atoms with E-state index in [0.717, 1.165) is 7.11 Å². The predicted octanol–water partition coefficient (Wildman–Crippen LogP) is 0.0969. The van der Waals surface area contributed by atoms with Crippen LogP contribution in [0.4, 0.5) is 0 Å². The number of carbonyl (C=O) groups is 2. The van der Waals surface area contributed by atoms with Crippen molar-refractivity contribution in [2.75, 3.05) is 20.8 Å². The normalized spacial score (nSPS) is 13.2. The highest BCUT2D eigenvalue weighted by Crippen LogP contribution is 2.23. The van der Waals surface area contributed by atoms with Gasteiger partial charge in [0.05, 0.1) is 14.2 Å². The maximum atomic E-state index is 11.3. The molecule has 1 rings (SSSR count). The van der Waals surface area contributed by atoms with Gasteiger partial charge in [-0.1, -0.05) is 0 Å². The van der Waals surface area contributed by atoms with Crippen molar-refractivity contribution in [1.82, 2.24) is 0 Å². The average molecular weight is 283 g/mol. The van der Waals surface area contributed by atoms with Crippen molar-refractivity contribution >= 4 is 11.9 Å². The molecule has 3 N–H and O–H groups in total. The summed E-state index contributed by atoms with van der Waals surface area (Å²) in [5.41, 5.74) is 3.58. The summed E-state index contributed by atoms with van der Waals surface area (Å²) in [4.78, 5) is 22.5. The molecule has 110 valence electrons. The largest absolute Gasteiger partial charge is 0.497 e. The number of hydrogen-bond acceptors (Lipinski definition) is 6. The summed E-state index contributed by atoms with van der Waals surface area (Å²) in [5, 5.41) is 9.83. The molecular formula is C13H17NO6. The number of amides is 1. The number of benzene rings is 1. The minimum Gasteiger partial charge on any atom is -0.497 e. The molecule has 0 bridgehead atoms. The number of primary amides is 1. The van der Waals surface area contributed by atoms with Crippen molar-refractivity contribution in [3.8, 4) is 11.5 Å². The van der Waals surface area contributed by atoms with Crippen molar-refractivity contribution in [3.05, 3.63) is 23.8 Å². The van der Waals surface area contributed by atoms with E-state index >= 15 is 0 Å². The molecule has 1 unspecified atom stereocenters. The quantitative estimate of drug-likeness (QED) is 0.717. The molecule has 0 aliphatic heterocycles. The van der Waals surface area contributed by atoms with Crippen LogP contribution in [0.5, 0.6) is 11.5 Å². The average Bonchev–Trinajstić information content (AvgIpc) is 2.43. The highest BCUT2D eigenvalue weighted by molar-refractivity contribution is 5.93. The molecular weight excluding hydrogens is 266 g/mol. The van der Waals surface area contributed by atoms with Gasteiger partial charge in [0.1, 0.15) is 18.1 Å². The van der Waals surface area contributed by atoms with E-state index in [1.165, 1.54) is 32.2 Å². The van der Waals surface area contributed by atoms with Gasteiger partial charge in [-0.2, -0.15) is 0 Å². The molecule has 0 fully saturated rings. The molecule has 1 amide bonds. The van der Waals surface area contributed by atoms with Crippen molar-refractivity contribution < 1.29 is 28.9 Å². The van der Waals surface area contributed by atoms with E-state index in [0.29, 0.717) is 5.75 Å². The van der Waals surface area contributed by atoms with E-state index in [2.05, 4.69) is 4.74 Å². The molecule has 0 saturated carbocycles. The Hall–Kier alpha value is -2.28. The van der Waals surface area contributed by atoms with E-state index in [9.17, 15) is 14.7 Å². The third-order valence-corrected chi connectivity index (χ3v) is 2.55. The van der Waals surface area contributed by atoms with Crippen molar-refractivity contribution in [2.45, 2.75) is 12.5 Å². The molecule has 20 heavy (non-hydrogen) atoms. The van der Waals surface area contributed by atoms with E-state index in [-0.39, 0.29) is 17.9 Å². The van der Waals surface area contributed by atoms with Crippen LogP contribution in [0.3, 0.4) is 0 Å². The Morgan fingerprint density at radius 3 is 2.35 bits per heavy atom. The first kappa shape index (κ1) is 15.8. The Morgan fingerprint density at radius 1 is 1.25 bits per heavy atom. The number of esters is 1. The highest BCUT2D eigenvalue weighted by Gasteiger charge is 2.32. The van der Waals surface area contributed by atoms with Gasteiger partial charge >= 0.3 is 5.97 Å². The summed E-state index contributed by atoms with van der Waals surface area (Å²) < 4.78 is 14.7. The van der Waals surface area contributed by atoms with Crippen LogP contribution in [0.25, 0.3) is 0 Å². The Morgan fingerprint density at radius 2 is 1.85 bits per heavy atom. The summed E-state index contributed by atoms with van der Waals surface area (Å²) >= 11 is 0. The number of methoxy groups -OCH3 is 2. The second kappa shape index (κ2) is 6.25. The number of nitrogens with two attached hydrogens (primary N) is 1. The van der Waals surface area contributed by atoms with Crippen LogP contribution in [0, 0.1) is 0 Å². The third kappa shape index (κ3) is 3.86. The van der Waals surface area contributed by atoms with Crippen LogP contribution in [-0.2, 0) is 9.53 Å². The zero-order valence-corrected chi connectivity index (χ0v) is 11.5. The summed E-state index contributed by atoms with van der Waals surface area (Å²) in [5.74, 6) is -0.861. The Balaban J connectivity index is 2.90. The van der Waals surface area contributed by atoms with Crippen LogP contribution < -0.4 is 15.2 Å². The Bertz CT molecular complexity index is 512. The minimum absolute atomic E-state index is 0.192. The van der Waals surface area contributed by atoms with Gasteiger partial charge in [-0.3, -0.25) is 4.79 Å². The van der Waals surface area contributed by atoms with Crippen LogP contribution in [-0.4, -0.2) is 43.4 Å². The fraction of sp³-hybridized carbons (Fsp3) is 0.385. The third-order valence-electron chi connectivity index (χ3n) is 2.55. The van der Waals surface area contributed by atoms with Crippen LogP contribution in [0.15, 0.2) is 18.2 Å². The first-order valence-electron chi connectivity index (χ1n) is 5.72. The lowest BCUT2D eigenvalue weighted by molar-refractivity contribution is -0.163. The minimum atomic E-state index is -1.80. The predicted molar refractivity (Wildman–Crippen MR) is 69.6 cm³/mol. The van der Waals surface area contributed by atoms with Crippen molar-refractivity contribution in [3.63, 3.8) is 0 Å². The molecule has 1 atom stereocenters.